The molecule has 4 aromatic heterocycles. The summed E-state index contributed by atoms with van der Waals surface area (Å²) in [4.78, 5) is 15.1. The van der Waals surface area contributed by atoms with Gasteiger partial charge in [0, 0.05) is 29.1 Å². The van der Waals surface area contributed by atoms with Crippen molar-refractivity contribution in [3.8, 4) is 11.3 Å². The highest BCUT2D eigenvalue weighted by atomic mass is 19.1. The van der Waals surface area contributed by atoms with E-state index in [9.17, 15) is 0 Å². The van der Waals surface area contributed by atoms with E-state index < -0.39 is 0 Å². The van der Waals surface area contributed by atoms with Gasteiger partial charge in [0.1, 0.15) is 6.33 Å². The van der Waals surface area contributed by atoms with Crippen LogP contribution >= 0.6 is 0 Å². The highest BCUT2D eigenvalue weighted by Crippen LogP contribution is 2.41. The maximum Gasteiger partial charge on any atom is 0.158 e. The first kappa shape index (κ1) is 20.8. The standard InChI is InChI=1S/C26H31FN6/c1-15(2)21-22-20(31-24(21)18-11-16(3)26-29-14-30-33(26)13-18)12-28-25(23(22)27)17-5-7-19(8-6-17)32-9-4-10-32/h11-15,17,19,31H,4-10H2,1-3H3. The van der Waals surface area contributed by atoms with Crippen LogP contribution in [-0.2, 0) is 0 Å². The highest BCUT2D eigenvalue weighted by molar-refractivity contribution is 5.92. The molecular formula is C26H31FN6. The Bertz CT molecular complexity index is 1320. The van der Waals surface area contributed by atoms with Crippen molar-refractivity contribution < 1.29 is 4.39 Å². The Kier molecular flexibility index (Phi) is 4.98. The molecule has 7 heteroatoms. The van der Waals surface area contributed by atoms with E-state index in [-0.39, 0.29) is 17.7 Å². The molecule has 2 fully saturated rings. The van der Waals surface area contributed by atoms with E-state index in [1.807, 2.05) is 19.3 Å². The van der Waals surface area contributed by atoms with Gasteiger partial charge in [-0.05, 0) is 75.2 Å². The van der Waals surface area contributed by atoms with Gasteiger partial charge in [-0.3, -0.25) is 4.98 Å². The number of fused-ring (bicyclic) bond motifs is 2. The Morgan fingerprint density at radius 2 is 1.91 bits per heavy atom. The molecular weight excluding hydrogens is 415 g/mol. The number of likely N-dealkylation sites (tertiary alicyclic amines) is 1. The number of pyridine rings is 2. The van der Waals surface area contributed by atoms with Crippen molar-refractivity contribution >= 4 is 16.6 Å². The third-order valence-electron chi connectivity index (χ3n) is 7.76. The average Bonchev–Trinajstić information content (AvgIpc) is 3.39. The molecule has 1 saturated heterocycles. The van der Waals surface area contributed by atoms with Crippen molar-refractivity contribution in [2.75, 3.05) is 13.1 Å². The first-order valence-corrected chi connectivity index (χ1v) is 12.3. The van der Waals surface area contributed by atoms with Gasteiger partial charge in [-0.2, -0.15) is 5.10 Å². The van der Waals surface area contributed by atoms with Gasteiger partial charge >= 0.3 is 0 Å². The Morgan fingerprint density at radius 3 is 2.61 bits per heavy atom. The van der Waals surface area contributed by atoms with Crippen molar-refractivity contribution in [2.45, 2.75) is 70.8 Å². The van der Waals surface area contributed by atoms with Crippen molar-refractivity contribution in [2.24, 2.45) is 0 Å². The predicted octanol–water partition coefficient (Wildman–Crippen LogP) is 5.58. The van der Waals surface area contributed by atoms with Gasteiger partial charge in [-0.25, -0.2) is 13.9 Å². The molecule has 0 spiro atoms. The van der Waals surface area contributed by atoms with E-state index in [4.69, 9.17) is 0 Å². The van der Waals surface area contributed by atoms with Gasteiger partial charge in [0.05, 0.1) is 23.1 Å². The lowest BCUT2D eigenvalue weighted by atomic mass is 9.82. The van der Waals surface area contributed by atoms with Gasteiger partial charge in [-0.15, -0.1) is 0 Å². The van der Waals surface area contributed by atoms with E-state index in [1.54, 1.807) is 10.8 Å². The topological polar surface area (TPSA) is 62.1 Å². The third-order valence-corrected chi connectivity index (χ3v) is 7.76. The van der Waals surface area contributed by atoms with Gasteiger partial charge in [0.2, 0.25) is 0 Å². The number of aromatic amines is 1. The van der Waals surface area contributed by atoms with Crippen LogP contribution in [0.3, 0.4) is 0 Å². The normalized spacial score (nSPS) is 21.8. The number of halogens is 1. The Hall–Kier alpha value is -2.80. The van der Waals surface area contributed by atoms with Crippen LogP contribution in [0.2, 0.25) is 0 Å². The van der Waals surface area contributed by atoms with Crippen LogP contribution in [0.5, 0.6) is 0 Å². The number of aryl methyl sites for hydroxylation is 1. The molecule has 6 nitrogen and oxygen atoms in total. The van der Waals surface area contributed by atoms with Gasteiger partial charge in [-0.1, -0.05) is 13.8 Å². The summed E-state index contributed by atoms with van der Waals surface area (Å²) in [6, 6.07) is 2.78. The summed E-state index contributed by atoms with van der Waals surface area (Å²) < 4.78 is 17.9. The van der Waals surface area contributed by atoms with E-state index >= 15 is 4.39 Å². The summed E-state index contributed by atoms with van der Waals surface area (Å²) in [6.07, 6.45) is 11.0. The Morgan fingerprint density at radius 1 is 1.12 bits per heavy atom. The van der Waals surface area contributed by atoms with E-state index in [2.05, 4.69) is 44.9 Å². The Labute approximate surface area is 193 Å². The fourth-order valence-corrected chi connectivity index (χ4v) is 5.93. The smallest absolute Gasteiger partial charge is 0.158 e. The first-order chi connectivity index (χ1) is 16.0. The molecule has 2 aliphatic rings. The number of rotatable bonds is 4. The molecule has 33 heavy (non-hydrogen) atoms. The molecule has 1 aliphatic carbocycles. The summed E-state index contributed by atoms with van der Waals surface area (Å²) >= 11 is 0. The first-order valence-electron chi connectivity index (χ1n) is 12.3. The maximum absolute atomic E-state index is 16.1. The Balaban J connectivity index is 1.41. The largest absolute Gasteiger partial charge is 0.353 e. The van der Waals surface area contributed by atoms with Crippen molar-refractivity contribution in [3.05, 3.63) is 47.4 Å². The van der Waals surface area contributed by atoms with E-state index in [1.165, 1.54) is 19.5 Å². The molecule has 1 aliphatic heterocycles. The van der Waals surface area contributed by atoms with Crippen LogP contribution in [0, 0.1) is 12.7 Å². The SMILES string of the molecule is Cc1cc(-c2[nH]c3cnc(C4CCC(N5CCC5)CC4)c(F)c3c2C(C)C)cn2ncnc12. The van der Waals surface area contributed by atoms with Crippen LogP contribution < -0.4 is 0 Å². The number of hydrogen-bond acceptors (Lipinski definition) is 4. The van der Waals surface area contributed by atoms with Crippen LogP contribution in [0.15, 0.2) is 24.8 Å². The van der Waals surface area contributed by atoms with Gasteiger partial charge in [0.15, 0.2) is 11.5 Å². The molecule has 4 aromatic rings. The summed E-state index contributed by atoms with van der Waals surface area (Å²) in [7, 11) is 0. The molecule has 1 saturated carbocycles. The van der Waals surface area contributed by atoms with Crippen LogP contribution in [-0.4, -0.2) is 48.6 Å². The lowest BCUT2D eigenvalue weighted by Gasteiger charge is -2.41. The predicted molar refractivity (Wildman–Crippen MR) is 128 cm³/mol. The molecule has 172 valence electrons. The fraction of sp³-hybridized carbons (Fsp3) is 0.500. The summed E-state index contributed by atoms with van der Waals surface area (Å²) in [5, 5.41) is 5.02. The van der Waals surface area contributed by atoms with Crippen molar-refractivity contribution in [3.63, 3.8) is 0 Å². The van der Waals surface area contributed by atoms with Crippen molar-refractivity contribution in [1.29, 1.82) is 0 Å². The lowest BCUT2D eigenvalue weighted by Crippen LogP contribution is -2.46. The third kappa shape index (κ3) is 3.36. The van der Waals surface area contributed by atoms with Crippen molar-refractivity contribution in [1.82, 2.24) is 29.5 Å². The second-order valence-electron chi connectivity index (χ2n) is 10.1. The van der Waals surface area contributed by atoms with Gasteiger partial charge < -0.3 is 9.88 Å². The number of aromatic nitrogens is 5. The summed E-state index contributed by atoms with van der Waals surface area (Å²) in [5.41, 5.74) is 6.24. The van der Waals surface area contributed by atoms with Crippen LogP contribution in [0.4, 0.5) is 4.39 Å². The molecule has 0 radical (unpaired) electrons. The van der Waals surface area contributed by atoms with Crippen LogP contribution in [0.1, 0.15) is 74.6 Å². The zero-order chi connectivity index (χ0) is 22.7. The lowest BCUT2D eigenvalue weighted by molar-refractivity contribution is 0.0863. The van der Waals surface area contributed by atoms with E-state index in [0.29, 0.717) is 17.1 Å². The number of H-pyrrole nitrogens is 1. The minimum absolute atomic E-state index is 0.135. The molecule has 1 N–H and O–H groups in total. The molecule has 0 bridgehead atoms. The van der Waals surface area contributed by atoms with Crippen LogP contribution in [0.25, 0.3) is 27.8 Å². The fourth-order valence-electron chi connectivity index (χ4n) is 5.93. The summed E-state index contributed by atoms with van der Waals surface area (Å²) in [6.45, 7) is 8.76. The second-order valence-corrected chi connectivity index (χ2v) is 10.1. The van der Waals surface area contributed by atoms with Gasteiger partial charge in [0.25, 0.3) is 0 Å². The quantitative estimate of drug-likeness (QED) is 0.445. The number of nitrogens with zero attached hydrogens (tertiary/aromatic N) is 5. The average molecular weight is 447 g/mol. The summed E-state index contributed by atoms with van der Waals surface area (Å²) in [5.74, 6) is 0.232. The number of nitrogens with one attached hydrogen (secondary N) is 1. The maximum atomic E-state index is 16.1. The minimum Gasteiger partial charge on any atom is -0.353 e. The molecule has 0 unspecified atom stereocenters. The second kappa shape index (κ2) is 7.90. The number of hydrogen-bond donors (Lipinski definition) is 1. The minimum atomic E-state index is -0.135. The highest BCUT2D eigenvalue weighted by Gasteiger charge is 2.32. The van der Waals surface area contributed by atoms with E-state index in [0.717, 1.165) is 59.2 Å². The molecule has 6 rings (SSSR count). The zero-order valence-corrected chi connectivity index (χ0v) is 19.6. The molecule has 5 heterocycles. The molecule has 0 amide bonds. The molecule has 0 aromatic carbocycles. The monoisotopic (exact) mass is 446 g/mol. The zero-order valence-electron chi connectivity index (χ0n) is 19.6. The molecule has 0 atom stereocenters.